The van der Waals surface area contributed by atoms with E-state index in [1.807, 2.05) is 12.1 Å². The maximum absolute atomic E-state index is 5.89. The van der Waals surface area contributed by atoms with E-state index in [0.717, 1.165) is 43.2 Å². The lowest BCUT2D eigenvalue weighted by atomic mass is 10.2. The van der Waals surface area contributed by atoms with Crippen molar-refractivity contribution in [1.29, 1.82) is 0 Å². The van der Waals surface area contributed by atoms with E-state index in [1.165, 1.54) is 0 Å². The van der Waals surface area contributed by atoms with Gasteiger partial charge in [0.2, 0.25) is 0 Å². The molecule has 0 aliphatic rings. The number of pyridine rings is 1. The SMILES string of the molecule is CCN(CC)CCCc1cc(Cl)ccn1. The topological polar surface area (TPSA) is 16.1 Å². The minimum absolute atomic E-state index is 0.780. The molecule has 0 amide bonds. The van der Waals surface area contributed by atoms with Crippen LogP contribution < -0.4 is 0 Å². The third-order valence-corrected chi connectivity index (χ3v) is 2.82. The van der Waals surface area contributed by atoms with Gasteiger partial charge in [0, 0.05) is 16.9 Å². The minimum atomic E-state index is 0.780. The average molecular weight is 227 g/mol. The summed E-state index contributed by atoms with van der Waals surface area (Å²) in [4.78, 5) is 6.71. The fourth-order valence-corrected chi connectivity index (χ4v) is 1.79. The molecule has 15 heavy (non-hydrogen) atoms. The lowest BCUT2D eigenvalue weighted by Gasteiger charge is -2.17. The Hall–Kier alpha value is -0.600. The van der Waals surface area contributed by atoms with Gasteiger partial charge in [0.1, 0.15) is 0 Å². The third-order valence-electron chi connectivity index (χ3n) is 2.58. The summed E-state index contributed by atoms with van der Waals surface area (Å²) in [5.41, 5.74) is 1.09. The fourth-order valence-electron chi connectivity index (χ4n) is 1.61. The van der Waals surface area contributed by atoms with Gasteiger partial charge in [-0.15, -0.1) is 0 Å². The molecule has 1 aromatic rings. The lowest BCUT2D eigenvalue weighted by Crippen LogP contribution is -2.24. The van der Waals surface area contributed by atoms with Gasteiger partial charge in [-0.1, -0.05) is 25.4 Å². The Labute approximate surface area is 97.3 Å². The second-order valence-electron chi connectivity index (χ2n) is 3.60. The van der Waals surface area contributed by atoms with Crippen molar-refractivity contribution in [3.8, 4) is 0 Å². The van der Waals surface area contributed by atoms with E-state index < -0.39 is 0 Å². The van der Waals surface area contributed by atoms with Crippen LogP contribution in [0, 0.1) is 0 Å². The van der Waals surface area contributed by atoms with Crippen LogP contribution in [0.2, 0.25) is 5.02 Å². The minimum Gasteiger partial charge on any atom is -0.304 e. The van der Waals surface area contributed by atoms with Crippen molar-refractivity contribution in [3.05, 3.63) is 29.0 Å². The highest BCUT2D eigenvalue weighted by Gasteiger charge is 2.00. The van der Waals surface area contributed by atoms with Crippen LogP contribution in [-0.2, 0) is 6.42 Å². The predicted octanol–water partition coefficient (Wildman–Crippen LogP) is 3.01. The Morgan fingerprint density at radius 3 is 2.67 bits per heavy atom. The van der Waals surface area contributed by atoms with Crippen LogP contribution in [0.3, 0.4) is 0 Å². The van der Waals surface area contributed by atoms with Gasteiger partial charge in [0.05, 0.1) is 0 Å². The molecular weight excluding hydrogens is 208 g/mol. The van der Waals surface area contributed by atoms with Crippen molar-refractivity contribution in [2.24, 2.45) is 0 Å². The van der Waals surface area contributed by atoms with E-state index in [9.17, 15) is 0 Å². The van der Waals surface area contributed by atoms with Crippen LogP contribution in [0.25, 0.3) is 0 Å². The zero-order valence-electron chi connectivity index (χ0n) is 9.54. The molecule has 0 aromatic carbocycles. The molecule has 0 spiro atoms. The molecule has 0 saturated carbocycles. The second-order valence-corrected chi connectivity index (χ2v) is 4.03. The van der Waals surface area contributed by atoms with Crippen LogP contribution in [0.1, 0.15) is 26.0 Å². The summed E-state index contributed by atoms with van der Waals surface area (Å²) in [6, 6.07) is 3.76. The number of nitrogens with zero attached hydrogens (tertiary/aromatic N) is 2. The highest BCUT2D eigenvalue weighted by Crippen LogP contribution is 2.09. The van der Waals surface area contributed by atoms with E-state index in [1.54, 1.807) is 6.20 Å². The van der Waals surface area contributed by atoms with Crippen molar-refractivity contribution < 1.29 is 0 Å². The quantitative estimate of drug-likeness (QED) is 0.742. The van der Waals surface area contributed by atoms with E-state index in [4.69, 9.17) is 11.6 Å². The van der Waals surface area contributed by atoms with Gasteiger partial charge in [-0.3, -0.25) is 4.98 Å². The van der Waals surface area contributed by atoms with Gasteiger partial charge in [-0.2, -0.15) is 0 Å². The van der Waals surface area contributed by atoms with Gasteiger partial charge in [-0.05, 0) is 44.6 Å². The molecule has 0 atom stereocenters. The van der Waals surface area contributed by atoms with Crippen molar-refractivity contribution in [3.63, 3.8) is 0 Å². The van der Waals surface area contributed by atoms with E-state index in [-0.39, 0.29) is 0 Å². The number of aryl methyl sites for hydroxylation is 1. The molecule has 0 N–H and O–H groups in total. The summed E-state index contributed by atoms with van der Waals surface area (Å²) in [5.74, 6) is 0. The molecular formula is C12H19ClN2. The highest BCUT2D eigenvalue weighted by molar-refractivity contribution is 6.30. The van der Waals surface area contributed by atoms with Crippen LogP contribution in [0.15, 0.2) is 18.3 Å². The molecule has 1 aromatic heterocycles. The molecule has 0 fully saturated rings. The Balaban J connectivity index is 2.31. The summed E-state index contributed by atoms with van der Waals surface area (Å²) in [5, 5.41) is 0.780. The molecule has 1 heterocycles. The standard InChI is InChI=1S/C12H19ClN2/c1-3-15(4-2)9-5-6-12-10-11(13)7-8-14-12/h7-8,10H,3-6,9H2,1-2H3. The van der Waals surface area contributed by atoms with E-state index in [2.05, 4.69) is 23.7 Å². The van der Waals surface area contributed by atoms with Gasteiger partial charge in [-0.25, -0.2) is 0 Å². The smallest absolute Gasteiger partial charge is 0.0439 e. The van der Waals surface area contributed by atoms with E-state index in [0.29, 0.717) is 0 Å². The van der Waals surface area contributed by atoms with Gasteiger partial charge in [0.15, 0.2) is 0 Å². The lowest BCUT2D eigenvalue weighted by molar-refractivity contribution is 0.299. The largest absolute Gasteiger partial charge is 0.304 e. The third kappa shape index (κ3) is 4.63. The average Bonchev–Trinajstić information content (AvgIpc) is 2.25. The molecule has 0 saturated heterocycles. The molecule has 1 rings (SSSR count). The zero-order chi connectivity index (χ0) is 11.1. The van der Waals surface area contributed by atoms with E-state index >= 15 is 0 Å². The Morgan fingerprint density at radius 2 is 2.07 bits per heavy atom. The summed E-state index contributed by atoms with van der Waals surface area (Å²) in [6.07, 6.45) is 3.93. The molecule has 0 unspecified atom stereocenters. The summed E-state index contributed by atoms with van der Waals surface area (Å²) < 4.78 is 0. The van der Waals surface area contributed by atoms with Crippen LogP contribution >= 0.6 is 11.6 Å². The van der Waals surface area contributed by atoms with Gasteiger partial charge in [0.25, 0.3) is 0 Å². The van der Waals surface area contributed by atoms with Crippen LogP contribution in [-0.4, -0.2) is 29.5 Å². The number of aromatic nitrogens is 1. The molecule has 0 bridgehead atoms. The highest BCUT2D eigenvalue weighted by atomic mass is 35.5. The normalized spacial score (nSPS) is 10.9. The summed E-state index contributed by atoms with van der Waals surface area (Å²) >= 11 is 5.89. The molecule has 3 heteroatoms. The van der Waals surface area contributed by atoms with Crippen LogP contribution in [0.4, 0.5) is 0 Å². The monoisotopic (exact) mass is 226 g/mol. The van der Waals surface area contributed by atoms with Crippen molar-refractivity contribution >= 4 is 11.6 Å². The molecule has 84 valence electrons. The Kier molecular flexibility index (Phi) is 5.66. The van der Waals surface area contributed by atoms with Crippen LogP contribution in [0.5, 0.6) is 0 Å². The van der Waals surface area contributed by atoms with Crippen molar-refractivity contribution in [2.45, 2.75) is 26.7 Å². The van der Waals surface area contributed by atoms with Crippen molar-refractivity contribution in [2.75, 3.05) is 19.6 Å². The summed E-state index contributed by atoms with van der Waals surface area (Å²) in [7, 11) is 0. The first-order valence-corrected chi connectivity index (χ1v) is 5.96. The zero-order valence-corrected chi connectivity index (χ0v) is 10.3. The number of hydrogen-bond donors (Lipinski definition) is 0. The maximum atomic E-state index is 5.89. The molecule has 0 aliphatic heterocycles. The van der Waals surface area contributed by atoms with Gasteiger partial charge >= 0.3 is 0 Å². The first-order valence-electron chi connectivity index (χ1n) is 5.59. The van der Waals surface area contributed by atoms with Gasteiger partial charge < -0.3 is 4.90 Å². The molecule has 0 radical (unpaired) electrons. The Bertz CT molecular complexity index is 285. The number of halogens is 1. The second kappa shape index (κ2) is 6.81. The number of hydrogen-bond acceptors (Lipinski definition) is 2. The van der Waals surface area contributed by atoms with Crippen molar-refractivity contribution in [1.82, 2.24) is 9.88 Å². The fraction of sp³-hybridized carbons (Fsp3) is 0.583. The maximum Gasteiger partial charge on any atom is 0.0439 e. The molecule has 2 nitrogen and oxygen atoms in total. The first kappa shape index (κ1) is 12.5. The Morgan fingerprint density at radius 1 is 1.33 bits per heavy atom. The number of rotatable bonds is 6. The summed E-state index contributed by atoms with van der Waals surface area (Å²) in [6.45, 7) is 7.78. The molecule has 0 aliphatic carbocycles. The first-order chi connectivity index (χ1) is 7.26. The predicted molar refractivity (Wildman–Crippen MR) is 65.4 cm³/mol.